The standard InChI is InChI=1S/C16H18BrNO2/c1-20-15-7-4-13(16(17)10-15)11-18-9-8-12-2-5-14(19)6-3-12/h2-7,10,18-19H,8-9,11H2,1H3. The molecule has 0 heterocycles. The zero-order valence-electron chi connectivity index (χ0n) is 11.4. The van der Waals surface area contributed by atoms with Crippen LogP contribution in [0.15, 0.2) is 46.9 Å². The maximum absolute atomic E-state index is 9.22. The second-order valence-electron chi connectivity index (χ2n) is 4.55. The summed E-state index contributed by atoms with van der Waals surface area (Å²) >= 11 is 3.55. The summed E-state index contributed by atoms with van der Waals surface area (Å²) in [7, 11) is 1.66. The van der Waals surface area contributed by atoms with E-state index in [1.54, 1.807) is 19.2 Å². The molecule has 0 aromatic heterocycles. The fourth-order valence-electron chi connectivity index (χ4n) is 1.92. The van der Waals surface area contributed by atoms with Crippen LogP contribution < -0.4 is 10.1 Å². The van der Waals surface area contributed by atoms with E-state index in [1.165, 1.54) is 11.1 Å². The first-order valence-electron chi connectivity index (χ1n) is 6.50. The molecule has 0 fully saturated rings. The first-order valence-corrected chi connectivity index (χ1v) is 7.29. The average Bonchev–Trinajstić information content (AvgIpc) is 2.46. The van der Waals surface area contributed by atoms with Crippen molar-refractivity contribution in [3.63, 3.8) is 0 Å². The second-order valence-corrected chi connectivity index (χ2v) is 5.40. The van der Waals surface area contributed by atoms with Gasteiger partial charge in [0.15, 0.2) is 0 Å². The quantitative estimate of drug-likeness (QED) is 0.794. The third kappa shape index (κ3) is 4.25. The molecule has 0 unspecified atom stereocenters. The largest absolute Gasteiger partial charge is 0.508 e. The fraction of sp³-hybridized carbons (Fsp3) is 0.250. The molecule has 2 aromatic carbocycles. The van der Waals surface area contributed by atoms with Gasteiger partial charge in [-0.2, -0.15) is 0 Å². The molecule has 0 saturated carbocycles. The highest BCUT2D eigenvalue weighted by molar-refractivity contribution is 9.10. The molecule has 106 valence electrons. The number of hydrogen-bond donors (Lipinski definition) is 2. The molecule has 0 spiro atoms. The van der Waals surface area contributed by atoms with Crippen molar-refractivity contribution in [3.05, 3.63) is 58.1 Å². The Morgan fingerprint density at radius 2 is 1.90 bits per heavy atom. The second kappa shape index (κ2) is 7.31. The molecule has 20 heavy (non-hydrogen) atoms. The average molecular weight is 336 g/mol. The number of halogens is 1. The minimum absolute atomic E-state index is 0.309. The molecule has 0 aliphatic heterocycles. The van der Waals surface area contributed by atoms with Crippen LogP contribution in [0.4, 0.5) is 0 Å². The summed E-state index contributed by atoms with van der Waals surface area (Å²) in [5.74, 6) is 1.16. The maximum atomic E-state index is 9.22. The molecule has 3 nitrogen and oxygen atoms in total. The van der Waals surface area contributed by atoms with Crippen LogP contribution in [0.3, 0.4) is 0 Å². The number of ether oxygens (including phenoxy) is 1. The fourth-order valence-corrected chi connectivity index (χ4v) is 2.41. The Kier molecular flexibility index (Phi) is 5.44. The summed E-state index contributed by atoms with van der Waals surface area (Å²) in [4.78, 5) is 0. The van der Waals surface area contributed by atoms with Gasteiger partial charge in [-0.25, -0.2) is 0 Å². The molecule has 4 heteroatoms. The van der Waals surface area contributed by atoms with E-state index in [0.717, 1.165) is 29.7 Å². The van der Waals surface area contributed by atoms with Crippen LogP contribution in [0.1, 0.15) is 11.1 Å². The minimum Gasteiger partial charge on any atom is -0.508 e. The van der Waals surface area contributed by atoms with Gasteiger partial charge in [0.05, 0.1) is 7.11 Å². The lowest BCUT2D eigenvalue weighted by Gasteiger charge is -2.08. The van der Waals surface area contributed by atoms with Gasteiger partial charge in [0.25, 0.3) is 0 Å². The van der Waals surface area contributed by atoms with Crippen molar-refractivity contribution in [2.45, 2.75) is 13.0 Å². The van der Waals surface area contributed by atoms with Crippen molar-refractivity contribution in [2.24, 2.45) is 0 Å². The van der Waals surface area contributed by atoms with E-state index in [-0.39, 0.29) is 0 Å². The highest BCUT2D eigenvalue weighted by Gasteiger charge is 2.01. The molecule has 2 aromatic rings. The number of phenols is 1. The summed E-state index contributed by atoms with van der Waals surface area (Å²) in [5, 5.41) is 12.6. The van der Waals surface area contributed by atoms with Crippen LogP contribution in [0.2, 0.25) is 0 Å². The summed E-state index contributed by atoms with van der Waals surface area (Å²) in [6.45, 7) is 1.70. The maximum Gasteiger partial charge on any atom is 0.120 e. The lowest BCUT2D eigenvalue weighted by molar-refractivity contribution is 0.414. The predicted molar refractivity (Wildman–Crippen MR) is 84.2 cm³/mol. The number of hydrogen-bond acceptors (Lipinski definition) is 3. The van der Waals surface area contributed by atoms with Crippen LogP contribution in [-0.4, -0.2) is 18.8 Å². The number of phenolic OH excluding ortho intramolecular Hbond substituents is 1. The Labute approximate surface area is 127 Å². The number of aromatic hydroxyl groups is 1. The molecular weight excluding hydrogens is 318 g/mol. The van der Waals surface area contributed by atoms with Crippen molar-refractivity contribution < 1.29 is 9.84 Å². The molecule has 0 atom stereocenters. The lowest BCUT2D eigenvalue weighted by atomic mass is 10.1. The van der Waals surface area contributed by atoms with Crippen LogP contribution in [0, 0.1) is 0 Å². The van der Waals surface area contributed by atoms with E-state index in [1.807, 2.05) is 24.3 Å². The number of nitrogens with one attached hydrogen (secondary N) is 1. The molecule has 2 rings (SSSR count). The molecule has 0 aliphatic carbocycles. The molecule has 0 saturated heterocycles. The normalized spacial score (nSPS) is 10.5. The Morgan fingerprint density at radius 1 is 1.15 bits per heavy atom. The Balaban J connectivity index is 1.79. The van der Waals surface area contributed by atoms with Crippen LogP contribution in [-0.2, 0) is 13.0 Å². The zero-order chi connectivity index (χ0) is 14.4. The van der Waals surface area contributed by atoms with Crippen LogP contribution >= 0.6 is 15.9 Å². The number of rotatable bonds is 6. The van der Waals surface area contributed by atoms with Crippen molar-refractivity contribution in [1.29, 1.82) is 0 Å². The van der Waals surface area contributed by atoms with Crippen molar-refractivity contribution in [2.75, 3.05) is 13.7 Å². The smallest absolute Gasteiger partial charge is 0.120 e. The summed E-state index contributed by atoms with van der Waals surface area (Å²) in [6, 6.07) is 13.3. The van der Waals surface area contributed by atoms with Crippen molar-refractivity contribution >= 4 is 15.9 Å². The third-order valence-electron chi connectivity index (χ3n) is 3.10. The van der Waals surface area contributed by atoms with Crippen molar-refractivity contribution in [1.82, 2.24) is 5.32 Å². The third-order valence-corrected chi connectivity index (χ3v) is 3.84. The highest BCUT2D eigenvalue weighted by atomic mass is 79.9. The van der Waals surface area contributed by atoms with Crippen LogP contribution in [0.25, 0.3) is 0 Å². The van der Waals surface area contributed by atoms with Crippen molar-refractivity contribution in [3.8, 4) is 11.5 Å². The van der Waals surface area contributed by atoms with E-state index in [9.17, 15) is 5.11 Å². The topological polar surface area (TPSA) is 41.5 Å². The van der Waals surface area contributed by atoms with Gasteiger partial charge < -0.3 is 15.2 Å². The molecular formula is C16H18BrNO2. The van der Waals surface area contributed by atoms with Crippen LogP contribution in [0.5, 0.6) is 11.5 Å². The van der Waals surface area contributed by atoms with E-state index in [4.69, 9.17) is 4.74 Å². The summed E-state index contributed by atoms with van der Waals surface area (Å²) in [6.07, 6.45) is 0.939. The van der Waals surface area contributed by atoms with Gasteiger partial charge in [0.1, 0.15) is 11.5 Å². The summed E-state index contributed by atoms with van der Waals surface area (Å²) in [5.41, 5.74) is 2.42. The monoisotopic (exact) mass is 335 g/mol. The predicted octanol–water partition coefficient (Wildman–Crippen LogP) is 3.50. The van der Waals surface area contributed by atoms with E-state index >= 15 is 0 Å². The Morgan fingerprint density at radius 3 is 2.55 bits per heavy atom. The summed E-state index contributed by atoms with van der Waals surface area (Å²) < 4.78 is 6.22. The molecule has 0 radical (unpaired) electrons. The number of benzene rings is 2. The molecule has 0 amide bonds. The number of methoxy groups -OCH3 is 1. The first-order chi connectivity index (χ1) is 9.69. The van der Waals surface area contributed by atoms with E-state index in [2.05, 4.69) is 27.3 Å². The highest BCUT2D eigenvalue weighted by Crippen LogP contribution is 2.22. The van der Waals surface area contributed by atoms with Gasteiger partial charge in [0, 0.05) is 11.0 Å². The zero-order valence-corrected chi connectivity index (χ0v) is 13.0. The van der Waals surface area contributed by atoms with Gasteiger partial charge >= 0.3 is 0 Å². The minimum atomic E-state index is 0.309. The van der Waals surface area contributed by atoms with Gasteiger partial charge in [-0.05, 0) is 48.4 Å². The molecule has 0 bridgehead atoms. The van der Waals surface area contributed by atoms with Gasteiger partial charge in [-0.1, -0.05) is 34.1 Å². The SMILES string of the molecule is COc1ccc(CNCCc2ccc(O)cc2)c(Br)c1. The Bertz CT molecular complexity index is 555. The Hall–Kier alpha value is -1.52. The van der Waals surface area contributed by atoms with Gasteiger partial charge in [-0.15, -0.1) is 0 Å². The van der Waals surface area contributed by atoms with E-state index < -0.39 is 0 Å². The molecule has 0 aliphatic rings. The van der Waals surface area contributed by atoms with Gasteiger partial charge in [0.2, 0.25) is 0 Å². The van der Waals surface area contributed by atoms with E-state index in [0.29, 0.717) is 5.75 Å². The first kappa shape index (κ1) is 14.9. The van der Waals surface area contributed by atoms with Gasteiger partial charge in [-0.3, -0.25) is 0 Å². The molecule has 2 N–H and O–H groups in total. The lowest BCUT2D eigenvalue weighted by Crippen LogP contribution is -2.16.